The van der Waals surface area contributed by atoms with Gasteiger partial charge in [0.05, 0.1) is 0 Å². The molecule has 0 aromatic carbocycles. The van der Waals surface area contributed by atoms with Crippen LogP contribution in [0.15, 0.2) is 0 Å². The van der Waals surface area contributed by atoms with Crippen LogP contribution in [0.25, 0.3) is 0 Å². The maximum Gasteiger partial charge on any atom is 0.397 e. The third kappa shape index (κ3) is 4.15. The number of hydrogen-bond acceptors (Lipinski definition) is 1. The highest BCUT2D eigenvalue weighted by atomic mass is 19.4. The van der Waals surface area contributed by atoms with E-state index in [-0.39, 0.29) is 6.04 Å². The van der Waals surface area contributed by atoms with Gasteiger partial charge in [-0.3, -0.25) is 4.79 Å². The molecule has 0 aromatic heterocycles. The molecule has 1 rings (SSSR count). The van der Waals surface area contributed by atoms with Gasteiger partial charge >= 0.3 is 6.18 Å². The van der Waals surface area contributed by atoms with Crippen LogP contribution in [0.2, 0.25) is 0 Å². The topological polar surface area (TPSA) is 29.1 Å². The highest BCUT2D eigenvalue weighted by Crippen LogP contribution is 2.21. The third-order valence-corrected chi connectivity index (χ3v) is 2.08. The van der Waals surface area contributed by atoms with Gasteiger partial charge in [0, 0.05) is 6.04 Å². The maximum atomic E-state index is 11.7. The summed E-state index contributed by atoms with van der Waals surface area (Å²) in [6.45, 7) is 0. The lowest BCUT2D eigenvalue weighted by Gasteiger charge is -2.12. The molecule has 1 fully saturated rings. The lowest BCUT2D eigenvalue weighted by Crippen LogP contribution is -2.35. The van der Waals surface area contributed by atoms with Gasteiger partial charge in [0.2, 0.25) is 5.91 Å². The maximum absolute atomic E-state index is 11.7. The van der Waals surface area contributed by atoms with Crippen molar-refractivity contribution in [3.8, 4) is 0 Å². The molecule has 1 amide bonds. The largest absolute Gasteiger partial charge is 0.397 e. The summed E-state index contributed by atoms with van der Waals surface area (Å²) < 4.78 is 35.2. The monoisotopic (exact) mass is 195 g/mol. The number of carbonyl (C=O) groups excluding carboxylic acids is 1. The van der Waals surface area contributed by atoms with Gasteiger partial charge in [-0.25, -0.2) is 0 Å². The zero-order valence-corrected chi connectivity index (χ0v) is 7.16. The fourth-order valence-electron chi connectivity index (χ4n) is 1.53. The van der Waals surface area contributed by atoms with Crippen LogP contribution in [-0.4, -0.2) is 18.1 Å². The molecule has 1 aliphatic rings. The van der Waals surface area contributed by atoms with E-state index in [4.69, 9.17) is 0 Å². The van der Waals surface area contributed by atoms with Crippen LogP contribution in [0.4, 0.5) is 13.2 Å². The quantitative estimate of drug-likeness (QED) is 0.717. The van der Waals surface area contributed by atoms with Gasteiger partial charge in [-0.15, -0.1) is 0 Å². The fourth-order valence-corrected chi connectivity index (χ4v) is 1.53. The van der Waals surface area contributed by atoms with E-state index in [0.29, 0.717) is 0 Å². The molecule has 1 N–H and O–H groups in total. The Morgan fingerprint density at radius 1 is 1.31 bits per heavy atom. The molecule has 0 aliphatic heterocycles. The van der Waals surface area contributed by atoms with Gasteiger partial charge in [0.1, 0.15) is 6.42 Å². The van der Waals surface area contributed by atoms with Crippen molar-refractivity contribution < 1.29 is 18.0 Å². The summed E-state index contributed by atoms with van der Waals surface area (Å²) in [5.41, 5.74) is 0. The highest BCUT2D eigenvalue weighted by molar-refractivity contribution is 5.76. The number of hydrogen-bond donors (Lipinski definition) is 1. The molecule has 0 radical (unpaired) electrons. The van der Waals surface area contributed by atoms with E-state index in [0.717, 1.165) is 25.7 Å². The normalized spacial score (nSPS) is 19.0. The van der Waals surface area contributed by atoms with Crippen LogP contribution >= 0.6 is 0 Å². The number of alkyl halides is 3. The number of amides is 1. The second-order valence-corrected chi connectivity index (χ2v) is 3.34. The van der Waals surface area contributed by atoms with Crippen molar-refractivity contribution in [2.75, 3.05) is 0 Å². The van der Waals surface area contributed by atoms with Crippen LogP contribution in [0.5, 0.6) is 0 Å². The van der Waals surface area contributed by atoms with E-state index in [1.54, 1.807) is 0 Å². The Hall–Kier alpha value is -0.740. The average Bonchev–Trinajstić information content (AvgIpc) is 2.34. The Bertz CT molecular complexity index is 184. The fraction of sp³-hybridized carbons (Fsp3) is 0.875. The summed E-state index contributed by atoms with van der Waals surface area (Å²) in [5, 5.41) is 2.38. The molecule has 13 heavy (non-hydrogen) atoms. The summed E-state index contributed by atoms with van der Waals surface area (Å²) in [6.07, 6.45) is -2.13. The Kier molecular flexibility index (Phi) is 3.17. The van der Waals surface area contributed by atoms with E-state index in [9.17, 15) is 18.0 Å². The zero-order chi connectivity index (χ0) is 9.90. The predicted octanol–water partition coefficient (Wildman–Crippen LogP) is 2.00. The summed E-state index contributed by atoms with van der Waals surface area (Å²) in [6, 6.07) is -0.0325. The van der Waals surface area contributed by atoms with Crippen LogP contribution in [0.3, 0.4) is 0 Å². The molecule has 1 saturated carbocycles. The molecule has 0 bridgehead atoms. The summed E-state index contributed by atoms with van der Waals surface area (Å²) in [4.78, 5) is 10.8. The highest BCUT2D eigenvalue weighted by Gasteiger charge is 2.32. The SMILES string of the molecule is O=C(CC(F)(F)F)NC1CCCC1. The van der Waals surface area contributed by atoms with Crippen LogP contribution in [0.1, 0.15) is 32.1 Å². The second kappa shape index (κ2) is 3.98. The first-order valence-corrected chi connectivity index (χ1v) is 4.33. The number of carbonyl (C=O) groups is 1. The minimum atomic E-state index is -4.39. The Morgan fingerprint density at radius 2 is 1.85 bits per heavy atom. The second-order valence-electron chi connectivity index (χ2n) is 3.34. The van der Waals surface area contributed by atoms with Gasteiger partial charge in [-0.1, -0.05) is 12.8 Å². The predicted molar refractivity (Wildman–Crippen MR) is 41.1 cm³/mol. The Balaban J connectivity index is 2.24. The van der Waals surface area contributed by atoms with Crippen molar-refractivity contribution in [1.29, 1.82) is 0 Å². The smallest absolute Gasteiger partial charge is 0.353 e. The lowest BCUT2D eigenvalue weighted by atomic mass is 10.2. The molecule has 0 unspecified atom stereocenters. The van der Waals surface area contributed by atoms with Crippen LogP contribution in [-0.2, 0) is 4.79 Å². The van der Waals surface area contributed by atoms with Crippen molar-refractivity contribution in [2.24, 2.45) is 0 Å². The molecule has 0 aromatic rings. The van der Waals surface area contributed by atoms with E-state index in [1.165, 1.54) is 0 Å². The van der Waals surface area contributed by atoms with Gasteiger partial charge < -0.3 is 5.32 Å². The molecular formula is C8H12F3NO. The van der Waals surface area contributed by atoms with Crippen molar-refractivity contribution in [3.05, 3.63) is 0 Å². The molecule has 0 heterocycles. The molecule has 5 heteroatoms. The molecule has 76 valence electrons. The Morgan fingerprint density at radius 3 is 2.31 bits per heavy atom. The van der Waals surface area contributed by atoms with Crippen LogP contribution < -0.4 is 5.32 Å². The summed E-state index contributed by atoms with van der Waals surface area (Å²) in [7, 11) is 0. The van der Waals surface area contributed by atoms with E-state index in [2.05, 4.69) is 5.32 Å². The van der Waals surface area contributed by atoms with Gasteiger partial charge in [-0.05, 0) is 12.8 Å². The lowest BCUT2D eigenvalue weighted by molar-refractivity contribution is -0.154. The van der Waals surface area contributed by atoms with Gasteiger partial charge in [0.15, 0.2) is 0 Å². The first-order chi connectivity index (χ1) is 5.97. The van der Waals surface area contributed by atoms with Crippen molar-refractivity contribution in [1.82, 2.24) is 5.32 Å². The van der Waals surface area contributed by atoms with E-state index >= 15 is 0 Å². The van der Waals surface area contributed by atoms with E-state index in [1.807, 2.05) is 0 Å². The number of halogens is 3. The summed E-state index contributed by atoms with van der Waals surface area (Å²) >= 11 is 0. The molecular weight excluding hydrogens is 183 g/mol. The van der Waals surface area contributed by atoms with Crippen molar-refractivity contribution in [2.45, 2.75) is 44.3 Å². The number of nitrogens with one attached hydrogen (secondary N) is 1. The number of rotatable bonds is 2. The van der Waals surface area contributed by atoms with Gasteiger partial charge in [0.25, 0.3) is 0 Å². The molecule has 1 aliphatic carbocycles. The zero-order valence-electron chi connectivity index (χ0n) is 7.16. The Labute approximate surface area is 74.5 Å². The average molecular weight is 195 g/mol. The first-order valence-electron chi connectivity index (χ1n) is 4.33. The standard InChI is InChI=1S/C8H12F3NO/c9-8(10,11)5-7(13)12-6-3-1-2-4-6/h6H,1-5H2,(H,12,13). The molecule has 0 saturated heterocycles. The first kappa shape index (κ1) is 10.3. The summed E-state index contributed by atoms with van der Waals surface area (Å²) in [5.74, 6) is -0.903. The van der Waals surface area contributed by atoms with Crippen LogP contribution in [0, 0.1) is 0 Å². The third-order valence-electron chi connectivity index (χ3n) is 2.08. The molecule has 0 spiro atoms. The minimum absolute atomic E-state index is 0.0325. The van der Waals surface area contributed by atoms with E-state index < -0.39 is 18.5 Å². The van der Waals surface area contributed by atoms with Crippen molar-refractivity contribution >= 4 is 5.91 Å². The van der Waals surface area contributed by atoms with Crippen molar-refractivity contribution in [3.63, 3.8) is 0 Å². The molecule has 0 atom stereocenters. The minimum Gasteiger partial charge on any atom is -0.353 e. The molecule has 2 nitrogen and oxygen atoms in total. The van der Waals surface area contributed by atoms with Gasteiger partial charge in [-0.2, -0.15) is 13.2 Å².